The van der Waals surface area contributed by atoms with Gasteiger partial charge < -0.3 is 10.6 Å². The first-order valence-electron chi connectivity index (χ1n) is 12.6. The molecule has 5 aromatic rings. The van der Waals surface area contributed by atoms with Gasteiger partial charge in [0.05, 0.1) is 29.5 Å². The second-order valence-corrected chi connectivity index (χ2v) is 9.40. The number of fused-ring (bicyclic) bond motifs is 1. The van der Waals surface area contributed by atoms with E-state index >= 15 is 0 Å². The molecule has 1 spiro atoms. The Labute approximate surface area is 210 Å². The molecule has 0 atom stereocenters. The van der Waals surface area contributed by atoms with Crippen LogP contribution < -0.4 is 10.6 Å². The minimum absolute atomic E-state index is 0.498. The number of nitrogens with zero attached hydrogens (tertiary/aromatic N) is 6. The average molecular weight is 479 g/mol. The van der Waals surface area contributed by atoms with Crippen LogP contribution in [0.15, 0.2) is 79.3 Å². The van der Waals surface area contributed by atoms with Gasteiger partial charge >= 0.3 is 0 Å². The smallest absolute Gasteiger partial charge is 0.154 e. The average Bonchev–Trinajstić information content (AvgIpc) is 3.54. The summed E-state index contributed by atoms with van der Waals surface area (Å²) in [6.45, 7) is 6.30. The lowest BCUT2D eigenvalue weighted by Crippen LogP contribution is -2.63. The molecule has 0 amide bonds. The van der Waals surface area contributed by atoms with E-state index in [-0.39, 0.29) is 0 Å². The number of nitrogens with one attached hydrogen (secondary N) is 2. The SMILES string of the molecule is CC.c1ccc(-n2cc(-c3ccc4ncc(-c5cccc(NC6CC7(CNC7)C6)n5)n4n3)cn2)cc1. The minimum atomic E-state index is 0.498. The Hall–Kier alpha value is -4.04. The number of anilines is 1. The van der Waals surface area contributed by atoms with E-state index in [0.29, 0.717) is 11.5 Å². The standard InChI is InChI=1S/C26H24N8.C2H6/c1-2-5-20(6-3-1)33-15-18(13-29-33)21-9-10-25-28-14-23(34(25)32-21)22-7-4-8-24(31-22)30-19-11-26(12-19)16-27-17-26;1-2/h1-10,13-15,19,27H,11-12,16-17H2,(H,30,31);1-2H3. The van der Waals surface area contributed by atoms with Gasteiger partial charge in [-0.2, -0.15) is 10.2 Å². The van der Waals surface area contributed by atoms with Crippen LogP contribution in [0.25, 0.3) is 34.0 Å². The third kappa shape index (κ3) is 4.03. The van der Waals surface area contributed by atoms with Crippen molar-refractivity contribution in [3.63, 3.8) is 0 Å². The lowest BCUT2D eigenvalue weighted by atomic mass is 9.62. The highest BCUT2D eigenvalue weighted by molar-refractivity contribution is 5.64. The Bertz CT molecular complexity index is 1470. The summed E-state index contributed by atoms with van der Waals surface area (Å²) in [6.07, 6.45) is 8.09. The summed E-state index contributed by atoms with van der Waals surface area (Å²) in [5.74, 6) is 0.903. The molecule has 1 aliphatic carbocycles. The zero-order chi connectivity index (χ0) is 24.5. The zero-order valence-electron chi connectivity index (χ0n) is 20.6. The van der Waals surface area contributed by atoms with E-state index in [1.807, 2.05) is 102 Å². The predicted molar refractivity (Wildman–Crippen MR) is 142 cm³/mol. The summed E-state index contributed by atoms with van der Waals surface area (Å²) in [5, 5.41) is 16.4. The monoisotopic (exact) mass is 478 g/mol. The molecule has 1 saturated carbocycles. The van der Waals surface area contributed by atoms with Gasteiger partial charge in [-0.05, 0) is 54.7 Å². The van der Waals surface area contributed by atoms with Crippen molar-refractivity contribution in [1.82, 2.24) is 34.7 Å². The van der Waals surface area contributed by atoms with Crippen LogP contribution in [0.4, 0.5) is 5.82 Å². The molecule has 2 N–H and O–H groups in total. The number of hydrogen-bond acceptors (Lipinski definition) is 6. The van der Waals surface area contributed by atoms with Gasteiger partial charge in [-0.15, -0.1) is 0 Å². The molecule has 8 heteroatoms. The Morgan fingerprint density at radius 2 is 1.75 bits per heavy atom. The molecule has 7 rings (SSSR count). The molecule has 5 heterocycles. The van der Waals surface area contributed by atoms with Crippen molar-refractivity contribution >= 4 is 11.5 Å². The number of benzene rings is 1. The first-order chi connectivity index (χ1) is 17.7. The van der Waals surface area contributed by atoms with Gasteiger partial charge in [-0.3, -0.25) is 0 Å². The fraction of sp³-hybridized carbons (Fsp3) is 0.286. The number of aromatic nitrogens is 6. The van der Waals surface area contributed by atoms with Crippen LogP contribution in [-0.2, 0) is 0 Å². The van der Waals surface area contributed by atoms with Crippen molar-refractivity contribution in [1.29, 1.82) is 0 Å². The van der Waals surface area contributed by atoms with E-state index in [9.17, 15) is 0 Å². The second-order valence-electron chi connectivity index (χ2n) is 9.40. The lowest BCUT2D eigenvalue weighted by Gasteiger charge is -2.54. The van der Waals surface area contributed by atoms with E-state index in [1.54, 1.807) is 0 Å². The largest absolute Gasteiger partial charge is 0.367 e. The molecule has 182 valence electrons. The van der Waals surface area contributed by atoms with Crippen molar-refractivity contribution in [3.8, 4) is 28.3 Å². The van der Waals surface area contributed by atoms with Crippen molar-refractivity contribution < 1.29 is 0 Å². The van der Waals surface area contributed by atoms with E-state index < -0.39 is 0 Å². The topological polar surface area (TPSA) is 85.0 Å². The molecule has 0 radical (unpaired) electrons. The first kappa shape index (κ1) is 22.4. The van der Waals surface area contributed by atoms with Crippen molar-refractivity contribution in [2.75, 3.05) is 18.4 Å². The molecule has 1 saturated heterocycles. The second kappa shape index (κ2) is 9.20. The Morgan fingerprint density at radius 1 is 0.917 bits per heavy atom. The van der Waals surface area contributed by atoms with Crippen LogP contribution in [-0.4, -0.2) is 48.5 Å². The van der Waals surface area contributed by atoms with Crippen LogP contribution in [0.1, 0.15) is 26.7 Å². The zero-order valence-corrected chi connectivity index (χ0v) is 20.6. The Balaban J connectivity index is 0.00000117. The van der Waals surface area contributed by atoms with Gasteiger partial charge in [0.25, 0.3) is 0 Å². The first-order valence-corrected chi connectivity index (χ1v) is 12.6. The summed E-state index contributed by atoms with van der Waals surface area (Å²) in [7, 11) is 0. The summed E-state index contributed by atoms with van der Waals surface area (Å²) in [6, 6.07) is 20.6. The Kier molecular flexibility index (Phi) is 5.73. The third-order valence-corrected chi connectivity index (χ3v) is 6.98. The number of hydrogen-bond donors (Lipinski definition) is 2. The maximum absolute atomic E-state index is 4.88. The predicted octanol–water partition coefficient (Wildman–Crippen LogP) is 4.83. The molecule has 36 heavy (non-hydrogen) atoms. The van der Waals surface area contributed by atoms with Crippen LogP contribution in [0.3, 0.4) is 0 Å². The highest BCUT2D eigenvalue weighted by atomic mass is 15.3. The van der Waals surface area contributed by atoms with Crippen LogP contribution in [0.2, 0.25) is 0 Å². The van der Waals surface area contributed by atoms with Gasteiger partial charge in [-0.1, -0.05) is 38.1 Å². The van der Waals surface area contributed by atoms with E-state index in [1.165, 1.54) is 12.8 Å². The van der Waals surface area contributed by atoms with E-state index in [4.69, 9.17) is 10.1 Å². The molecular weight excluding hydrogens is 448 g/mol. The maximum atomic E-state index is 4.88. The highest BCUT2D eigenvalue weighted by Gasteiger charge is 2.48. The summed E-state index contributed by atoms with van der Waals surface area (Å²) in [5.41, 5.74) is 5.82. The molecule has 2 fully saturated rings. The fourth-order valence-corrected chi connectivity index (χ4v) is 5.10. The normalized spacial score (nSPS) is 16.2. The highest BCUT2D eigenvalue weighted by Crippen LogP contribution is 2.45. The van der Waals surface area contributed by atoms with Gasteiger partial charge in [0.15, 0.2) is 5.65 Å². The van der Waals surface area contributed by atoms with Gasteiger partial charge in [0.1, 0.15) is 11.5 Å². The fourth-order valence-electron chi connectivity index (χ4n) is 5.10. The lowest BCUT2D eigenvalue weighted by molar-refractivity contribution is 0.0469. The molecule has 0 unspecified atom stereocenters. The Morgan fingerprint density at radius 3 is 2.53 bits per heavy atom. The van der Waals surface area contributed by atoms with Crippen molar-refractivity contribution in [3.05, 3.63) is 79.3 Å². The van der Waals surface area contributed by atoms with E-state index in [2.05, 4.69) is 20.7 Å². The maximum Gasteiger partial charge on any atom is 0.154 e. The minimum Gasteiger partial charge on any atom is -0.367 e. The van der Waals surface area contributed by atoms with Crippen molar-refractivity contribution in [2.45, 2.75) is 32.7 Å². The number of rotatable bonds is 5. The molecule has 2 aliphatic rings. The van der Waals surface area contributed by atoms with Gasteiger partial charge in [0.2, 0.25) is 0 Å². The molecule has 4 aromatic heterocycles. The van der Waals surface area contributed by atoms with Crippen LogP contribution >= 0.6 is 0 Å². The molecule has 8 nitrogen and oxygen atoms in total. The van der Waals surface area contributed by atoms with Gasteiger partial charge in [-0.25, -0.2) is 19.2 Å². The van der Waals surface area contributed by atoms with E-state index in [0.717, 1.165) is 52.9 Å². The summed E-state index contributed by atoms with van der Waals surface area (Å²) >= 11 is 0. The molecule has 1 aliphatic heterocycles. The quantitative estimate of drug-likeness (QED) is 0.376. The number of para-hydroxylation sites is 1. The molecular formula is C28H30N8. The molecule has 1 aromatic carbocycles. The number of pyridine rings is 1. The number of imidazole rings is 1. The van der Waals surface area contributed by atoms with Crippen LogP contribution in [0, 0.1) is 5.41 Å². The summed E-state index contributed by atoms with van der Waals surface area (Å²) < 4.78 is 3.72. The van der Waals surface area contributed by atoms with Crippen LogP contribution in [0.5, 0.6) is 0 Å². The van der Waals surface area contributed by atoms with Crippen molar-refractivity contribution in [2.24, 2.45) is 5.41 Å². The van der Waals surface area contributed by atoms with Gasteiger partial charge in [0, 0.05) is 30.9 Å². The molecule has 0 bridgehead atoms. The summed E-state index contributed by atoms with van der Waals surface area (Å²) in [4.78, 5) is 9.43. The third-order valence-electron chi connectivity index (χ3n) is 6.98.